The van der Waals surface area contributed by atoms with E-state index in [0.29, 0.717) is 10.9 Å². The van der Waals surface area contributed by atoms with Gasteiger partial charge >= 0.3 is 0 Å². The maximum Gasteiger partial charge on any atom is 0.151 e. The predicted molar refractivity (Wildman–Crippen MR) is 85.4 cm³/mol. The number of nitrogens with zero attached hydrogens (tertiary/aromatic N) is 3. The highest BCUT2D eigenvalue weighted by Gasteiger charge is 2.40. The second-order valence-corrected chi connectivity index (χ2v) is 6.35. The predicted octanol–water partition coefficient (Wildman–Crippen LogP) is 4.22. The van der Waals surface area contributed by atoms with Gasteiger partial charge in [0.2, 0.25) is 0 Å². The molecule has 0 amide bonds. The van der Waals surface area contributed by atoms with Crippen LogP contribution in [-0.4, -0.2) is 15.9 Å². The lowest BCUT2D eigenvalue weighted by Crippen LogP contribution is -2.34. The van der Waals surface area contributed by atoms with Crippen LogP contribution in [0.1, 0.15) is 36.3 Å². The van der Waals surface area contributed by atoms with Gasteiger partial charge in [-0.1, -0.05) is 36.2 Å². The van der Waals surface area contributed by atoms with Gasteiger partial charge in [0.25, 0.3) is 0 Å². The van der Waals surface area contributed by atoms with Crippen LogP contribution in [0.2, 0.25) is 5.02 Å². The van der Waals surface area contributed by atoms with Gasteiger partial charge in [-0.25, -0.2) is 4.99 Å². The van der Waals surface area contributed by atoms with Gasteiger partial charge in [-0.3, -0.25) is 5.10 Å². The Labute approximate surface area is 133 Å². The summed E-state index contributed by atoms with van der Waals surface area (Å²) < 4.78 is 0. The van der Waals surface area contributed by atoms with Crippen molar-refractivity contribution < 1.29 is 0 Å². The Bertz CT molecular complexity index is 782. The number of fused-ring (bicyclic) bond motifs is 1. The lowest BCUT2D eigenvalue weighted by Gasteiger charge is -2.35. The fourth-order valence-electron chi connectivity index (χ4n) is 3.42. The van der Waals surface area contributed by atoms with E-state index in [1.54, 1.807) is 6.20 Å². The van der Waals surface area contributed by atoms with Gasteiger partial charge in [0.05, 0.1) is 18.2 Å². The van der Waals surface area contributed by atoms with E-state index in [2.05, 4.69) is 16.3 Å². The van der Waals surface area contributed by atoms with Gasteiger partial charge in [-0.05, 0) is 30.4 Å². The van der Waals surface area contributed by atoms with Gasteiger partial charge in [-0.15, -0.1) is 0 Å². The number of hydrogen-bond donors (Lipinski definition) is 1. The summed E-state index contributed by atoms with van der Waals surface area (Å²) in [4.78, 5) is 4.72. The Hall–Kier alpha value is -2.12. The molecule has 1 aromatic carbocycles. The summed E-state index contributed by atoms with van der Waals surface area (Å²) in [6, 6.07) is 10.2. The van der Waals surface area contributed by atoms with Crippen LogP contribution >= 0.6 is 11.6 Å². The van der Waals surface area contributed by atoms with Crippen molar-refractivity contribution in [3.05, 3.63) is 46.6 Å². The second kappa shape index (κ2) is 5.26. The van der Waals surface area contributed by atoms with Gasteiger partial charge in [0.1, 0.15) is 0 Å². The van der Waals surface area contributed by atoms with Gasteiger partial charge in [0.15, 0.2) is 5.82 Å². The molecule has 2 atom stereocenters. The average molecular weight is 311 g/mol. The highest BCUT2D eigenvalue weighted by molar-refractivity contribution is 6.31. The smallest absolute Gasteiger partial charge is 0.151 e. The quantitative estimate of drug-likeness (QED) is 0.902. The lowest BCUT2D eigenvalue weighted by atomic mass is 9.70. The van der Waals surface area contributed by atoms with E-state index in [1.807, 2.05) is 24.3 Å². The SMILES string of the molecule is N#CC1C(C2CCC2)=Nc2[nH]ncc2C1c1ccccc1Cl. The summed E-state index contributed by atoms with van der Waals surface area (Å²) in [6.07, 6.45) is 5.23. The fraction of sp³-hybridized carbons (Fsp3) is 0.353. The molecule has 110 valence electrons. The van der Waals surface area contributed by atoms with Crippen LogP contribution < -0.4 is 0 Å². The highest BCUT2D eigenvalue weighted by atomic mass is 35.5. The van der Waals surface area contributed by atoms with Crippen LogP contribution in [0.5, 0.6) is 0 Å². The van der Waals surface area contributed by atoms with Crippen LogP contribution in [0.3, 0.4) is 0 Å². The van der Waals surface area contributed by atoms with Gasteiger partial charge < -0.3 is 0 Å². The van der Waals surface area contributed by atoms with E-state index in [4.69, 9.17) is 16.6 Å². The van der Waals surface area contributed by atoms with Crippen molar-refractivity contribution in [2.24, 2.45) is 16.8 Å². The zero-order valence-electron chi connectivity index (χ0n) is 12.0. The Morgan fingerprint density at radius 3 is 2.73 bits per heavy atom. The van der Waals surface area contributed by atoms with E-state index < -0.39 is 0 Å². The molecule has 2 aliphatic rings. The summed E-state index contributed by atoms with van der Waals surface area (Å²) in [6.45, 7) is 0. The third-order valence-corrected chi connectivity index (χ3v) is 5.12. The van der Waals surface area contributed by atoms with Crippen molar-refractivity contribution in [3.63, 3.8) is 0 Å². The van der Waals surface area contributed by atoms with E-state index >= 15 is 0 Å². The summed E-state index contributed by atoms with van der Waals surface area (Å²) in [5.74, 6) is 0.834. The molecule has 0 saturated heterocycles. The molecule has 1 aliphatic heterocycles. The normalized spacial score (nSPS) is 24.1. The van der Waals surface area contributed by atoms with Crippen LogP contribution in [0.25, 0.3) is 0 Å². The van der Waals surface area contributed by atoms with Crippen molar-refractivity contribution in [3.8, 4) is 6.07 Å². The van der Waals surface area contributed by atoms with E-state index in [1.165, 1.54) is 6.42 Å². The number of aromatic nitrogens is 2. The minimum absolute atomic E-state index is 0.0967. The molecular weight excluding hydrogens is 296 g/mol. The molecule has 2 aromatic rings. The molecule has 1 aromatic heterocycles. The minimum Gasteiger partial charge on any atom is -0.261 e. The number of benzene rings is 1. The van der Waals surface area contributed by atoms with Gasteiger partial charge in [-0.2, -0.15) is 10.4 Å². The lowest BCUT2D eigenvalue weighted by molar-refractivity contribution is 0.399. The van der Waals surface area contributed by atoms with Crippen LogP contribution in [0, 0.1) is 23.2 Å². The first-order chi connectivity index (χ1) is 10.8. The van der Waals surface area contributed by atoms with Gasteiger partial charge in [0, 0.05) is 22.2 Å². The summed E-state index contributed by atoms with van der Waals surface area (Å²) >= 11 is 6.41. The molecule has 0 radical (unpaired) electrons. The Kier molecular flexibility index (Phi) is 3.24. The maximum absolute atomic E-state index is 9.81. The van der Waals surface area contributed by atoms with E-state index in [0.717, 1.165) is 35.5 Å². The van der Waals surface area contributed by atoms with Crippen molar-refractivity contribution in [1.82, 2.24) is 10.2 Å². The molecule has 2 heterocycles. The number of nitriles is 1. The zero-order valence-corrected chi connectivity index (χ0v) is 12.7. The molecule has 0 bridgehead atoms. The number of aromatic amines is 1. The Morgan fingerprint density at radius 1 is 1.23 bits per heavy atom. The number of rotatable bonds is 2. The molecule has 1 saturated carbocycles. The second-order valence-electron chi connectivity index (χ2n) is 5.94. The topological polar surface area (TPSA) is 64.8 Å². The highest BCUT2D eigenvalue weighted by Crippen LogP contribution is 2.46. The summed E-state index contributed by atoms with van der Waals surface area (Å²) in [5.41, 5.74) is 2.93. The fourth-order valence-corrected chi connectivity index (χ4v) is 3.67. The average Bonchev–Trinajstić information content (AvgIpc) is 2.93. The van der Waals surface area contributed by atoms with Crippen molar-refractivity contribution in [2.75, 3.05) is 0 Å². The van der Waals surface area contributed by atoms with Crippen LogP contribution in [0.15, 0.2) is 35.5 Å². The van der Waals surface area contributed by atoms with Crippen molar-refractivity contribution >= 4 is 23.1 Å². The number of aliphatic imine (C=N–C) groups is 1. The number of nitrogens with one attached hydrogen (secondary N) is 1. The number of hydrogen-bond acceptors (Lipinski definition) is 3. The maximum atomic E-state index is 9.81. The van der Waals surface area contributed by atoms with Crippen molar-refractivity contribution in [1.29, 1.82) is 5.26 Å². The molecule has 22 heavy (non-hydrogen) atoms. The van der Waals surface area contributed by atoms with Crippen LogP contribution in [-0.2, 0) is 0 Å². The molecule has 4 nitrogen and oxygen atoms in total. The van der Waals surface area contributed by atoms with E-state index in [-0.39, 0.29) is 11.8 Å². The molecule has 1 N–H and O–H groups in total. The third kappa shape index (κ3) is 1.97. The first-order valence-corrected chi connectivity index (χ1v) is 7.93. The molecule has 2 unspecified atom stereocenters. The van der Waals surface area contributed by atoms with Crippen molar-refractivity contribution in [2.45, 2.75) is 25.2 Å². The minimum atomic E-state index is -0.268. The molecular formula is C17H15ClN4. The first kappa shape index (κ1) is 13.5. The van der Waals surface area contributed by atoms with E-state index in [9.17, 15) is 5.26 Å². The molecule has 1 aliphatic carbocycles. The summed E-state index contributed by atoms with van der Waals surface area (Å²) in [5, 5.41) is 17.6. The standard InChI is InChI=1S/C17H15ClN4/c18-14-7-2-1-6-11(14)15-12(8-19)16(10-4-3-5-10)21-17-13(15)9-20-22-17/h1-2,6-7,9-10,12,15H,3-5H2,(H,20,22). The molecule has 4 rings (SSSR count). The molecule has 0 spiro atoms. The zero-order chi connectivity index (χ0) is 15.1. The summed E-state index contributed by atoms with van der Waals surface area (Å²) in [7, 11) is 0. The Morgan fingerprint density at radius 2 is 2.05 bits per heavy atom. The third-order valence-electron chi connectivity index (χ3n) is 4.78. The first-order valence-electron chi connectivity index (χ1n) is 7.55. The largest absolute Gasteiger partial charge is 0.261 e. The van der Waals surface area contributed by atoms with Crippen LogP contribution in [0.4, 0.5) is 5.82 Å². The monoisotopic (exact) mass is 310 g/mol. The molecule has 5 heteroatoms. The number of halogens is 1. The number of H-pyrrole nitrogens is 1. The Balaban J connectivity index is 1.88. The molecule has 1 fully saturated rings.